The van der Waals surface area contributed by atoms with Crippen LogP contribution in [0.15, 0.2) is 22.9 Å². The van der Waals surface area contributed by atoms with E-state index < -0.39 is 0 Å². The summed E-state index contributed by atoms with van der Waals surface area (Å²) >= 11 is 0. The first-order valence-corrected chi connectivity index (χ1v) is 7.28. The minimum Gasteiger partial charge on any atom is -0.418 e. The highest BCUT2D eigenvalue weighted by atomic mass is 16.5. The van der Waals surface area contributed by atoms with Crippen LogP contribution in [0.1, 0.15) is 31.4 Å². The molecular formula is C15H20N4O2. The van der Waals surface area contributed by atoms with Crippen LogP contribution in [0.2, 0.25) is 0 Å². The number of pyridine rings is 1. The van der Waals surface area contributed by atoms with Gasteiger partial charge < -0.3 is 14.1 Å². The monoisotopic (exact) mass is 288 g/mol. The van der Waals surface area contributed by atoms with Gasteiger partial charge in [0.1, 0.15) is 6.10 Å². The molecule has 1 aliphatic heterocycles. The highest BCUT2D eigenvalue weighted by Crippen LogP contribution is 2.27. The summed E-state index contributed by atoms with van der Waals surface area (Å²) in [5, 5.41) is 8.35. The maximum Gasteiger partial charge on any atom is 0.248 e. The first-order chi connectivity index (χ1) is 10.2. The third-order valence-corrected chi connectivity index (χ3v) is 3.67. The van der Waals surface area contributed by atoms with E-state index in [2.05, 4.69) is 41.0 Å². The number of likely N-dealkylation sites (N-methyl/N-ethyl adjacent to an activating group) is 1. The zero-order chi connectivity index (χ0) is 14.8. The Hall–Kier alpha value is -1.79. The quantitative estimate of drug-likeness (QED) is 0.861. The Morgan fingerprint density at radius 2 is 2.19 bits per heavy atom. The highest BCUT2D eigenvalue weighted by Gasteiger charge is 2.28. The predicted molar refractivity (Wildman–Crippen MR) is 77.7 cm³/mol. The number of hydrogen-bond donors (Lipinski definition) is 0. The van der Waals surface area contributed by atoms with Gasteiger partial charge in [0.15, 0.2) is 0 Å². The first-order valence-electron chi connectivity index (χ1n) is 7.28. The Balaban J connectivity index is 1.86. The van der Waals surface area contributed by atoms with Gasteiger partial charge in [0.2, 0.25) is 11.8 Å². The second-order valence-electron chi connectivity index (χ2n) is 5.49. The van der Waals surface area contributed by atoms with Gasteiger partial charge in [-0.05, 0) is 32.0 Å². The molecule has 3 heterocycles. The molecule has 2 aromatic heterocycles. The van der Waals surface area contributed by atoms with Gasteiger partial charge >= 0.3 is 0 Å². The van der Waals surface area contributed by atoms with E-state index in [1.165, 1.54) is 0 Å². The summed E-state index contributed by atoms with van der Waals surface area (Å²) in [5.74, 6) is 1.08. The van der Waals surface area contributed by atoms with Crippen LogP contribution < -0.4 is 0 Å². The van der Waals surface area contributed by atoms with Gasteiger partial charge in [0.05, 0.1) is 6.10 Å². The minimum atomic E-state index is -0.160. The van der Waals surface area contributed by atoms with Gasteiger partial charge in [-0.25, -0.2) is 0 Å². The lowest BCUT2D eigenvalue weighted by atomic mass is 10.1. The SMILES string of the molecule is CCc1cnccc1-c1nnc([C@H]2CN(C)C[C@@H](C)O2)o1. The van der Waals surface area contributed by atoms with Gasteiger partial charge in [-0.2, -0.15) is 0 Å². The molecule has 2 aromatic rings. The van der Waals surface area contributed by atoms with Crippen molar-refractivity contribution in [2.75, 3.05) is 20.1 Å². The van der Waals surface area contributed by atoms with E-state index in [1.807, 2.05) is 12.3 Å². The molecule has 0 bridgehead atoms. The van der Waals surface area contributed by atoms with Gasteiger partial charge in [0.25, 0.3) is 0 Å². The molecule has 1 aliphatic rings. The summed E-state index contributed by atoms with van der Waals surface area (Å²) in [4.78, 5) is 6.35. The molecule has 6 heteroatoms. The van der Waals surface area contributed by atoms with E-state index in [0.717, 1.165) is 30.6 Å². The van der Waals surface area contributed by atoms with Crippen LogP contribution in [0, 0.1) is 0 Å². The maximum absolute atomic E-state index is 5.90. The van der Waals surface area contributed by atoms with Crippen molar-refractivity contribution in [2.45, 2.75) is 32.5 Å². The van der Waals surface area contributed by atoms with Crippen LogP contribution in [-0.2, 0) is 11.2 Å². The number of hydrogen-bond acceptors (Lipinski definition) is 6. The molecule has 0 spiro atoms. The van der Waals surface area contributed by atoms with Crippen LogP contribution in [0.5, 0.6) is 0 Å². The van der Waals surface area contributed by atoms with Gasteiger partial charge in [-0.3, -0.25) is 4.98 Å². The maximum atomic E-state index is 5.90. The molecule has 21 heavy (non-hydrogen) atoms. The zero-order valence-corrected chi connectivity index (χ0v) is 12.6. The predicted octanol–water partition coefficient (Wildman–Crippen LogP) is 2.09. The summed E-state index contributed by atoms with van der Waals surface area (Å²) in [7, 11) is 2.07. The fourth-order valence-electron chi connectivity index (χ4n) is 2.69. The van der Waals surface area contributed by atoms with Crippen LogP contribution in [0.25, 0.3) is 11.5 Å². The molecule has 6 nitrogen and oxygen atoms in total. The number of aryl methyl sites for hydroxylation is 1. The number of ether oxygens (including phenoxy) is 1. The van der Waals surface area contributed by atoms with Crippen molar-refractivity contribution >= 4 is 0 Å². The van der Waals surface area contributed by atoms with Crippen molar-refractivity contribution in [2.24, 2.45) is 0 Å². The average molecular weight is 288 g/mol. The van der Waals surface area contributed by atoms with Crippen molar-refractivity contribution in [1.82, 2.24) is 20.1 Å². The molecule has 1 saturated heterocycles. The van der Waals surface area contributed by atoms with Gasteiger partial charge in [-0.15, -0.1) is 10.2 Å². The minimum absolute atomic E-state index is 0.160. The fourth-order valence-corrected chi connectivity index (χ4v) is 2.69. The number of nitrogens with zero attached hydrogens (tertiary/aromatic N) is 4. The van der Waals surface area contributed by atoms with Gasteiger partial charge in [-0.1, -0.05) is 6.92 Å². The molecule has 0 N–H and O–H groups in total. The van der Waals surface area contributed by atoms with E-state index in [1.54, 1.807) is 6.20 Å². The molecular weight excluding hydrogens is 268 g/mol. The first kappa shape index (κ1) is 14.2. The number of rotatable bonds is 3. The van der Waals surface area contributed by atoms with E-state index >= 15 is 0 Å². The highest BCUT2D eigenvalue weighted by molar-refractivity contribution is 5.57. The van der Waals surface area contributed by atoms with Crippen molar-refractivity contribution in [3.63, 3.8) is 0 Å². The molecule has 0 saturated carbocycles. The lowest BCUT2D eigenvalue weighted by molar-refractivity contribution is -0.0821. The van der Waals surface area contributed by atoms with Crippen LogP contribution in [0.4, 0.5) is 0 Å². The second-order valence-corrected chi connectivity index (χ2v) is 5.49. The average Bonchev–Trinajstić information content (AvgIpc) is 2.96. The summed E-state index contributed by atoms with van der Waals surface area (Å²) < 4.78 is 11.7. The van der Waals surface area contributed by atoms with E-state index in [4.69, 9.17) is 9.15 Å². The standard InChI is InChI=1S/C15H20N4O2/c1-4-11-7-16-6-5-12(11)14-17-18-15(21-14)13-9-19(3)8-10(2)20-13/h5-7,10,13H,4,8-9H2,1-3H3/t10-,13-/m1/s1. The fraction of sp³-hybridized carbons (Fsp3) is 0.533. The van der Waals surface area contributed by atoms with Crippen molar-refractivity contribution in [3.05, 3.63) is 29.9 Å². The molecule has 2 atom stereocenters. The Bertz CT molecular complexity index is 603. The summed E-state index contributed by atoms with van der Waals surface area (Å²) in [6.45, 7) is 5.82. The second kappa shape index (κ2) is 5.91. The van der Waals surface area contributed by atoms with Gasteiger partial charge in [0, 0.05) is 31.0 Å². The van der Waals surface area contributed by atoms with Crippen LogP contribution in [0.3, 0.4) is 0 Å². The Morgan fingerprint density at radius 3 is 2.95 bits per heavy atom. The third-order valence-electron chi connectivity index (χ3n) is 3.67. The normalized spacial score (nSPS) is 23.4. The lowest BCUT2D eigenvalue weighted by Crippen LogP contribution is -2.40. The molecule has 0 aromatic carbocycles. The molecule has 1 fully saturated rings. The lowest BCUT2D eigenvalue weighted by Gasteiger charge is -2.32. The summed E-state index contributed by atoms with van der Waals surface area (Å²) in [5.41, 5.74) is 2.05. The van der Waals surface area contributed by atoms with E-state index in [9.17, 15) is 0 Å². The molecule has 3 rings (SSSR count). The Morgan fingerprint density at radius 1 is 1.33 bits per heavy atom. The van der Waals surface area contributed by atoms with E-state index in [0.29, 0.717) is 11.8 Å². The van der Waals surface area contributed by atoms with Crippen molar-refractivity contribution < 1.29 is 9.15 Å². The zero-order valence-electron chi connectivity index (χ0n) is 12.6. The topological polar surface area (TPSA) is 64.3 Å². The Kier molecular flexibility index (Phi) is 3.98. The van der Waals surface area contributed by atoms with Crippen molar-refractivity contribution in [3.8, 4) is 11.5 Å². The Labute approximate surface area is 124 Å². The van der Waals surface area contributed by atoms with Crippen molar-refractivity contribution in [1.29, 1.82) is 0 Å². The smallest absolute Gasteiger partial charge is 0.248 e. The molecule has 0 radical (unpaired) electrons. The third kappa shape index (κ3) is 2.96. The summed E-state index contributed by atoms with van der Waals surface area (Å²) in [6, 6.07) is 1.91. The van der Waals surface area contributed by atoms with E-state index in [-0.39, 0.29) is 12.2 Å². The molecule has 0 unspecified atom stereocenters. The van der Waals surface area contributed by atoms with Crippen LogP contribution >= 0.6 is 0 Å². The summed E-state index contributed by atoms with van der Waals surface area (Å²) in [6.07, 6.45) is 4.46. The molecule has 112 valence electrons. The molecule has 0 amide bonds. The number of aromatic nitrogens is 3. The molecule has 0 aliphatic carbocycles. The number of morpholine rings is 1. The van der Waals surface area contributed by atoms with Crippen LogP contribution in [-0.4, -0.2) is 46.3 Å². The largest absolute Gasteiger partial charge is 0.418 e.